The van der Waals surface area contributed by atoms with E-state index in [-0.39, 0.29) is 10.3 Å². The van der Waals surface area contributed by atoms with Crippen molar-refractivity contribution in [2.24, 2.45) is 7.05 Å². The van der Waals surface area contributed by atoms with Crippen LogP contribution < -0.4 is 10.2 Å². The molecule has 21 heavy (non-hydrogen) atoms. The fourth-order valence-electron chi connectivity index (χ4n) is 1.80. The van der Waals surface area contributed by atoms with E-state index in [1.165, 1.54) is 0 Å². The van der Waals surface area contributed by atoms with E-state index in [0.29, 0.717) is 6.01 Å². The summed E-state index contributed by atoms with van der Waals surface area (Å²) in [5.74, 6) is 0. The van der Waals surface area contributed by atoms with Crippen molar-refractivity contribution < 1.29 is 9.39 Å². The molecule has 2 aromatic rings. The summed E-state index contributed by atoms with van der Waals surface area (Å²) in [6.07, 6.45) is 0. The van der Waals surface area contributed by atoms with Gasteiger partial charge in [0.05, 0.1) is 23.7 Å². The third-order valence-electron chi connectivity index (χ3n) is 4.01. The van der Waals surface area contributed by atoms with E-state index in [0.717, 1.165) is 16.5 Å². The molecule has 0 amide bonds. The first-order valence-corrected chi connectivity index (χ1v) is 7.34. The number of hydrogen-bond donors (Lipinski definition) is 1. The summed E-state index contributed by atoms with van der Waals surface area (Å²) in [4.78, 5) is 4.39. The Morgan fingerprint density at radius 1 is 1.24 bits per heavy atom. The van der Waals surface area contributed by atoms with Crippen LogP contribution in [0.5, 0.6) is 6.01 Å². The molecule has 2 rings (SSSR count). The highest BCUT2D eigenvalue weighted by Crippen LogP contribution is 2.30. The van der Waals surface area contributed by atoms with Gasteiger partial charge in [-0.15, -0.1) is 0 Å². The van der Waals surface area contributed by atoms with Crippen LogP contribution in [-0.4, -0.2) is 34.5 Å². The zero-order chi connectivity index (χ0) is 15.8. The highest BCUT2D eigenvalue weighted by molar-refractivity contribution is 7.81. The molecule has 1 heterocycles. The molecule has 1 aromatic carbocycles. The van der Waals surface area contributed by atoms with E-state index in [9.17, 15) is 0 Å². The van der Waals surface area contributed by atoms with Gasteiger partial charge in [0.25, 0.3) is 6.01 Å². The maximum atomic E-state index is 5.94. The standard InChI is InChI=1S/C15H22BN2O2S/c1-14(2,15(3,4)21)20-16-10-7-8-11-12(9-10)18(5)13(17-11)19-6/h7-9,21H,1-6H3. The number of rotatable bonds is 5. The number of ether oxygens (including phenoxy) is 1. The third kappa shape index (κ3) is 3.21. The molecule has 0 unspecified atom stereocenters. The van der Waals surface area contributed by atoms with Gasteiger partial charge in [-0.1, -0.05) is 11.5 Å². The summed E-state index contributed by atoms with van der Waals surface area (Å²) in [7, 11) is 5.32. The quantitative estimate of drug-likeness (QED) is 0.680. The first kappa shape index (κ1) is 16.2. The summed E-state index contributed by atoms with van der Waals surface area (Å²) in [6, 6.07) is 6.58. The number of nitrogens with zero attached hydrogens (tertiary/aromatic N) is 2. The van der Waals surface area contributed by atoms with Crippen LogP contribution in [0.4, 0.5) is 0 Å². The summed E-state index contributed by atoms with van der Waals surface area (Å²) >= 11 is 4.60. The Hall–Kier alpha value is -1.14. The molecule has 0 atom stereocenters. The second kappa shape index (κ2) is 5.57. The van der Waals surface area contributed by atoms with Crippen LogP contribution in [0.1, 0.15) is 27.7 Å². The fraction of sp³-hybridized carbons (Fsp3) is 0.533. The monoisotopic (exact) mass is 305 g/mol. The highest BCUT2D eigenvalue weighted by Gasteiger charge is 2.34. The van der Waals surface area contributed by atoms with E-state index in [2.05, 4.69) is 17.6 Å². The van der Waals surface area contributed by atoms with Gasteiger partial charge in [-0.3, -0.25) is 4.57 Å². The number of aromatic nitrogens is 2. The van der Waals surface area contributed by atoms with Crippen LogP contribution in [0.15, 0.2) is 18.2 Å². The Morgan fingerprint density at radius 2 is 1.90 bits per heavy atom. The Labute approximate surface area is 132 Å². The van der Waals surface area contributed by atoms with E-state index in [1.807, 2.05) is 57.5 Å². The average Bonchev–Trinajstić information content (AvgIpc) is 2.72. The number of methoxy groups -OCH3 is 1. The second-order valence-electron chi connectivity index (χ2n) is 6.21. The van der Waals surface area contributed by atoms with Crippen molar-refractivity contribution in [2.45, 2.75) is 38.0 Å². The molecule has 0 aliphatic heterocycles. The number of aryl methyl sites for hydroxylation is 1. The van der Waals surface area contributed by atoms with Crippen molar-refractivity contribution in [3.05, 3.63) is 18.2 Å². The molecular weight excluding hydrogens is 283 g/mol. The van der Waals surface area contributed by atoms with Crippen molar-refractivity contribution in [3.8, 4) is 6.01 Å². The van der Waals surface area contributed by atoms with E-state index in [1.54, 1.807) is 14.6 Å². The Kier molecular flexibility index (Phi) is 4.31. The fourth-order valence-corrected chi connectivity index (χ4v) is 1.85. The minimum Gasteiger partial charge on any atom is -0.468 e. The van der Waals surface area contributed by atoms with Gasteiger partial charge in [0.2, 0.25) is 0 Å². The summed E-state index contributed by atoms with van der Waals surface area (Å²) in [5.41, 5.74) is 2.51. The topological polar surface area (TPSA) is 36.3 Å². The van der Waals surface area contributed by atoms with Gasteiger partial charge in [0, 0.05) is 11.8 Å². The molecule has 0 spiro atoms. The summed E-state index contributed by atoms with van der Waals surface area (Å²) in [6.45, 7) is 8.14. The lowest BCUT2D eigenvalue weighted by molar-refractivity contribution is 0.0855. The van der Waals surface area contributed by atoms with E-state index in [4.69, 9.17) is 9.39 Å². The normalized spacial score (nSPS) is 12.7. The number of imidazole rings is 1. The molecule has 0 N–H and O–H groups in total. The van der Waals surface area contributed by atoms with Gasteiger partial charge in [0.15, 0.2) is 0 Å². The largest absolute Gasteiger partial charge is 0.468 e. The third-order valence-corrected chi connectivity index (χ3v) is 4.55. The Bertz CT molecular complexity index is 647. The number of benzene rings is 1. The number of thiol groups is 1. The van der Waals surface area contributed by atoms with Crippen LogP contribution >= 0.6 is 12.6 Å². The summed E-state index contributed by atoms with van der Waals surface area (Å²) < 4.78 is 12.8. The minimum atomic E-state index is -0.380. The van der Waals surface area contributed by atoms with Crippen molar-refractivity contribution in [1.29, 1.82) is 0 Å². The lowest BCUT2D eigenvalue weighted by atomic mass is 9.84. The van der Waals surface area contributed by atoms with Crippen LogP contribution in [0.2, 0.25) is 0 Å². The zero-order valence-electron chi connectivity index (χ0n) is 13.5. The van der Waals surface area contributed by atoms with Crippen LogP contribution in [0.3, 0.4) is 0 Å². The molecule has 1 aromatic heterocycles. The van der Waals surface area contributed by atoms with Crippen molar-refractivity contribution >= 4 is 36.6 Å². The lowest BCUT2D eigenvalue weighted by Crippen LogP contribution is -2.45. The first-order valence-electron chi connectivity index (χ1n) is 6.89. The predicted molar refractivity (Wildman–Crippen MR) is 90.9 cm³/mol. The van der Waals surface area contributed by atoms with Crippen LogP contribution in [-0.2, 0) is 11.7 Å². The molecule has 0 bridgehead atoms. The predicted octanol–water partition coefficient (Wildman–Crippen LogP) is 2.33. The maximum Gasteiger partial charge on any atom is 0.330 e. The molecular formula is C15H22BN2O2S. The number of fused-ring (bicyclic) bond motifs is 1. The summed E-state index contributed by atoms with van der Waals surface area (Å²) in [5, 5.41) is 0. The molecule has 0 fully saturated rings. The molecule has 0 aliphatic carbocycles. The van der Waals surface area contributed by atoms with Gasteiger partial charge < -0.3 is 9.39 Å². The van der Waals surface area contributed by atoms with Crippen molar-refractivity contribution in [1.82, 2.24) is 9.55 Å². The second-order valence-corrected chi connectivity index (χ2v) is 7.33. The molecule has 0 saturated heterocycles. The van der Waals surface area contributed by atoms with Gasteiger partial charge in [0.1, 0.15) is 0 Å². The van der Waals surface area contributed by atoms with Crippen LogP contribution in [0, 0.1) is 0 Å². The highest BCUT2D eigenvalue weighted by atomic mass is 32.1. The number of hydrogen-bond acceptors (Lipinski definition) is 4. The Balaban J connectivity index is 2.22. The lowest BCUT2D eigenvalue weighted by Gasteiger charge is -2.38. The van der Waals surface area contributed by atoms with Crippen molar-refractivity contribution in [2.75, 3.05) is 7.11 Å². The maximum absolute atomic E-state index is 5.94. The first-order chi connectivity index (χ1) is 9.65. The van der Waals surface area contributed by atoms with E-state index < -0.39 is 0 Å². The molecule has 1 radical (unpaired) electrons. The van der Waals surface area contributed by atoms with E-state index >= 15 is 0 Å². The van der Waals surface area contributed by atoms with Gasteiger partial charge >= 0.3 is 7.48 Å². The zero-order valence-corrected chi connectivity index (χ0v) is 14.4. The van der Waals surface area contributed by atoms with Crippen molar-refractivity contribution in [3.63, 3.8) is 0 Å². The van der Waals surface area contributed by atoms with Gasteiger partial charge in [-0.2, -0.15) is 17.6 Å². The molecule has 0 aliphatic rings. The van der Waals surface area contributed by atoms with Gasteiger partial charge in [-0.25, -0.2) is 0 Å². The molecule has 6 heteroatoms. The van der Waals surface area contributed by atoms with Gasteiger partial charge in [-0.05, 0) is 39.8 Å². The smallest absolute Gasteiger partial charge is 0.330 e. The SMILES string of the molecule is COc1nc2ccc([B]OC(C)(C)C(C)(C)S)cc2n1C. The molecule has 113 valence electrons. The molecule has 4 nitrogen and oxygen atoms in total. The van der Waals surface area contributed by atoms with Crippen LogP contribution in [0.25, 0.3) is 11.0 Å². The average molecular weight is 305 g/mol. The Morgan fingerprint density at radius 3 is 2.48 bits per heavy atom. The molecule has 0 saturated carbocycles. The minimum absolute atomic E-state index is 0.247.